The van der Waals surface area contributed by atoms with Crippen LogP contribution in [-0.4, -0.2) is 40.5 Å². The number of aromatic nitrogens is 2. The monoisotopic (exact) mass is 255 g/mol. The topological polar surface area (TPSA) is 67.1 Å². The normalized spacial score (nSPS) is 18.2. The molecular weight excluding hydrogens is 238 g/mol. The second-order valence-electron chi connectivity index (χ2n) is 4.28. The Hall–Kier alpha value is -1.07. The molecule has 0 amide bonds. The van der Waals surface area contributed by atoms with Crippen molar-refractivity contribution < 1.29 is 0 Å². The van der Waals surface area contributed by atoms with E-state index in [2.05, 4.69) is 27.1 Å². The third-order valence-electron chi connectivity index (χ3n) is 3.21. The van der Waals surface area contributed by atoms with Crippen LogP contribution < -0.4 is 11.1 Å². The van der Waals surface area contributed by atoms with Gasteiger partial charge in [0.25, 0.3) is 0 Å². The van der Waals surface area contributed by atoms with Crippen LogP contribution >= 0.6 is 11.6 Å². The van der Waals surface area contributed by atoms with Crippen LogP contribution in [0.2, 0.25) is 5.15 Å². The van der Waals surface area contributed by atoms with Crippen molar-refractivity contribution in [1.29, 1.82) is 0 Å². The summed E-state index contributed by atoms with van der Waals surface area (Å²) in [5, 5.41) is 3.66. The fourth-order valence-corrected chi connectivity index (χ4v) is 2.21. The van der Waals surface area contributed by atoms with Crippen molar-refractivity contribution in [3.63, 3.8) is 0 Å². The summed E-state index contributed by atoms with van der Waals surface area (Å²) in [5.41, 5.74) is 6.26. The molecule has 5 nitrogen and oxygen atoms in total. The van der Waals surface area contributed by atoms with Gasteiger partial charge in [-0.25, -0.2) is 9.97 Å². The summed E-state index contributed by atoms with van der Waals surface area (Å²) in [5.74, 6) is 0.653. The van der Waals surface area contributed by atoms with Crippen LogP contribution in [0.1, 0.15) is 19.8 Å². The summed E-state index contributed by atoms with van der Waals surface area (Å²) in [7, 11) is 0. The van der Waals surface area contributed by atoms with Crippen LogP contribution in [-0.2, 0) is 0 Å². The predicted octanol–water partition coefficient (Wildman–Crippen LogP) is 1.61. The van der Waals surface area contributed by atoms with Gasteiger partial charge in [-0.05, 0) is 19.4 Å². The van der Waals surface area contributed by atoms with E-state index in [1.165, 1.54) is 6.33 Å². The van der Waals surface area contributed by atoms with Crippen molar-refractivity contribution in [3.05, 3.63) is 11.5 Å². The number of piperidine rings is 1. The van der Waals surface area contributed by atoms with Gasteiger partial charge in [0, 0.05) is 19.1 Å². The van der Waals surface area contributed by atoms with Gasteiger partial charge >= 0.3 is 0 Å². The number of likely N-dealkylation sites (tertiary alicyclic amines) is 1. The van der Waals surface area contributed by atoms with Crippen LogP contribution in [0.5, 0.6) is 0 Å². The van der Waals surface area contributed by atoms with E-state index < -0.39 is 0 Å². The number of nitrogens with one attached hydrogen (secondary N) is 1. The van der Waals surface area contributed by atoms with Gasteiger partial charge in [0.05, 0.1) is 0 Å². The molecule has 0 aliphatic carbocycles. The minimum atomic E-state index is 0.313. The number of hydrogen-bond acceptors (Lipinski definition) is 5. The summed E-state index contributed by atoms with van der Waals surface area (Å²) >= 11 is 5.85. The van der Waals surface area contributed by atoms with Crippen LogP contribution in [0.25, 0.3) is 0 Å². The molecule has 1 aliphatic rings. The first-order chi connectivity index (χ1) is 8.20. The Labute approximate surface area is 106 Å². The molecular formula is C11H18ClN5. The van der Waals surface area contributed by atoms with Gasteiger partial charge < -0.3 is 16.0 Å². The van der Waals surface area contributed by atoms with Gasteiger partial charge in [-0.1, -0.05) is 18.5 Å². The predicted molar refractivity (Wildman–Crippen MR) is 70.2 cm³/mol. The van der Waals surface area contributed by atoms with Crippen LogP contribution in [0.3, 0.4) is 0 Å². The third kappa shape index (κ3) is 2.98. The lowest BCUT2D eigenvalue weighted by molar-refractivity contribution is 0.229. The van der Waals surface area contributed by atoms with Crippen molar-refractivity contribution in [1.82, 2.24) is 14.9 Å². The average molecular weight is 256 g/mol. The quantitative estimate of drug-likeness (QED) is 0.804. The maximum atomic E-state index is 5.85. The lowest BCUT2D eigenvalue weighted by Gasteiger charge is -2.31. The Morgan fingerprint density at radius 3 is 2.82 bits per heavy atom. The molecule has 0 radical (unpaired) electrons. The molecule has 0 saturated carbocycles. The zero-order valence-corrected chi connectivity index (χ0v) is 10.7. The van der Waals surface area contributed by atoms with Crippen molar-refractivity contribution in [2.45, 2.75) is 25.8 Å². The van der Waals surface area contributed by atoms with Gasteiger partial charge in [-0.15, -0.1) is 0 Å². The Bertz CT molecular complexity index is 376. The number of halogens is 1. The number of anilines is 2. The molecule has 1 fully saturated rings. The molecule has 0 atom stereocenters. The minimum Gasteiger partial charge on any atom is -0.393 e. The number of rotatable bonds is 3. The Kier molecular flexibility index (Phi) is 4.02. The van der Waals surface area contributed by atoms with E-state index in [0.29, 0.717) is 22.7 Å². The highest BCUT2D eigenvalue weighted by atomic mass is 35.5. The fourth-order valence-electron chi connectivity index (χ4n) is 2.08. The molecule has 0 aromatic carbocycles. The van der Waals surface area contributed by atoms with E-state index in [1.54, 1.807) is 0 Å². The lowest BCUT2D eigenvalue weighted by Crippen LogP contribution is -2.39. The highest BCUT2D eigenvalue weighted by molar-refractivity contribution is 6.32. The zero-order chi connectivity index (χ0) is 12.3. The molecule has 1 aromatic heterocycles. The summed E-state index contributed by atoms with van der Waals surface area (Å²) in [4.78, 5) is 10.4. The number of nitrogen functional groups attached to an aromatic ring is 1. The van der Waals surface area contributed by atoms with Gasteiger partial charge in [-0.3, -0.25) is 0 Å². The van der Waals surface area contributed by atoms with E-state index in [4.69, 9.17) is 17.3 Å². The second-order valence-corrected chi connectivity index (χ2v) is 4.64. The number of hydrogen-bond donors (Lipinski definition) is 2. The molecule has 2 heterocycles. The Balaban J connectivity index is 1.95. The third-order valence-corrected chi connectivity index (χ3v) is 3.51. The summed E-state index contributed by atoms with van der Waals surface area (Å²) in [6.07, 6.45) is 3.64. The molecule has 0 spiro atoms. The summed E-state index contributed by atoms with van der Waals surface area (Å²) < 4.78 is 0. The van der Waals surface area contributed by atoms with Crippen molar-refractivity contribution >= 4 is 23.1 Å². The van der Waals surface area contributed by atoms with Gasteiger partial charge in [0.1, 0.15) is 12.0 Å². The highest BCUT2D eigenvalue weighted by Crippen LogP contribution is 2.24. The van der Waals surface area contributed by atoms with Crippen LogP contribution in [0.15, 0.2) is 6.33 Å². The number of nitrogens with zero attached hydrogens (tertiary/aromatic N) is 3. The van der Waals surface area contributed by atoms with Gasteiger partial charge in [-0.2, -0.15) is 0 Å². The SMILES string of the molecule is CCN1CCC(Nc2ncnc(Cl)c2N)CC1. The van der Waals surface area contributed by atoms with E-state index in [9.17, 15) is 0 Å². The minimum absolute atomic E-state index is 0.313. The van der Waals surface area contributed by atoms with Crippen LogP contribution in [0, 0.1) is 0 Å². The molecule has 1 aromatic rings. The molecule has 94 valence electrons. The van der Waals surface area contributed by atoms with E-state index in [0.717, 1.165) is 32.5 Å². The first-order valence-electron chi connectivity index (χ1n) is 5.95. The number of nitrogens with two attached hydrogens (primary N) is 1. The first-order valence-corrected chi connectivity index (χ1v) is 6.33. The fraction of sp³-hybridized carbons (Fsp3) is 0.636. The average Bonchev–Trinajstić information content (AvgIpc) is 2.36. The van der Waals surface area contributed by atoms with Crippen molar-refractivity contribution in [3.8, 4) is 0 Å². The van der Waals surface area contributed by atoms with E-state index in [-0.39, 0.29) is 0 Å². The maximum absolute atomic E-state index is 5.85. The largest absolute Gasteiger partial charge is 0.393 e. The molecule has 3 N–H and O–H groups in total. The van der Waals surface area contributed by atoms with E-state index in [1.807, 2.05) is 0 Å². The zero-order valence-electron chi connectivity index (χ0n) is 9.99. The Morgan fingerprint density at radius 2 is 2.18 bits per heavy atom. The van der Waals surface area contributed by atoms with Gasteiger partial charge in [0.2, 0.25) is 0 Å². The molecule has 1 saturated heterocycles. The van der Waals surface area contributed by atoms with Crippen LogP contribution in [0.4, 0.5) is 11.5 Å². The van der Waals surface area contributed by atoms with E-state index >= 15 is 0 Å². The first kappa shape index (κ1) is 12.4. The standard InChI is InChI=1S/C11H18ClN5/c1-2-17-5-3-8(4-6-17)16-11-9(13)10(12)14-7-15-11/h7-8H,2-6,13H2,1H3,(H,14,15,16). The lowest BCUT2D eigenvalue weighted by atomic mass is 10.1. The smallest absolute Gasteiger partial charge is 0.157 e. The molecule has 0 bridgehead atoms. The molecule has 0 unspecified atom stereocenters. The van der Waals surface area contributed by atoms with Gasteiger partial charge in [0.15, 0.2) is 11.0 Å². The maximum Gasteiger partial charge on any atom is 0.157 e. The molecule has 17 heavy (non-hydrogen) atoms. The van der Waals surface area contributed by atoms with Crippen molar-refractivity contribution in [2.24, 2.45) is 0 Å². The summed E-state index contributed by atoms with van der Waals surface area (Å²) in [6, 6.07) is 0.422. The molecule has 1 aliphatic heterocycles. The van der Waals surface area contributed by atoms with Crippen molar-refractivity contribution in [2.75, 3.05) is 30.7 Å². The second kappa shape index (κ2) is 5.51. The molecule has 6 heteroatoms. The Morgan fingerprint density at radius 1 is 1.47 bits per heavy atom. The summed E-state index contributed by atoms with van der Waals surface area (Å²) in [6.45, 7) is 5.55. The highest BCUT2D eigenvalue weighted by Gasteiger charge is 2.19. The molecule has 2 rings (SSSR count).